The third-order valence-electron chi connectivity index (χ3n) is 3.45. The summed E-state index contributed by atoms with van der Waals surface area (Å²) in [5.74, 6) is 1.10. The SMILES string of the molecule is CN(C)C(=O)CCCC(=O)Nc1ccc(-c2n[nH]c(CN)n2)cc1. The number of nitrogens with zero attached hydrogens (tertiary/aromatic N) is 3. The monoisotopic (exact) mass is 330 g/mol. The topological polar surface area (TPSA) is 117 Å². The number of amides is 2. The lowest BCUT2D eigenvalue weighted by Crippen LogP contribution is -2.21. The van der Waals surface area contributed by atoms with Gasteiger partial charge in [0.2, 0.25) is 11.8 Å². The molecule has 0 saturated heterocycles. The first kappa shape index (κ1) is 17.6. The van der Waals surface area contributed by atoms with Crippen LogP contribution < -0.4 is 11.1 Å². The highest BCUT2D eigenvalue weighted by molar-refractivity contribution is 5.91. The summed E-state index contributed by atoms with van der Waals surface area (Å²) < 4.78 is 0. The Morgan fingerprint density at radius 2 is 1.92 bits per heavy atom. The zero-order valence-corrected chi connectivity index (χ0v) is 13.9. The van der Waals surface area contributed by atoms with Crippen molar-refractivity contribution >= 4 is 17.5 Å². The average molecular weight is 330 g/mol. The highest BCUT2D eigenvalue weighted by atomic mass is 16.2. The van der Waals surface area contributed by atoms with Gasteiger partial charge in [0.05, 0.1) is 6.54 Å². The normalized spacial score (nSPS) is 10.5. The van der Waals surface area contributed by atoms with Crippen molar-refractivity contribution in [1.82, 2.24) is 20.1 Å². The Balaban J connectivity index is 1.85. The molecule has 8 heteroatoms. The number of aromatic amines is 1. The van der Waals surface area contributed by atoms with Crippen molar-refractivity contribution in [1.29, 1.82) is 0 Å². The van der Waals surface area contributed by atoms with Gasteiger partial charge in [-0.25, -0.2) is 4.98 Å². The van der Waals surface area contributed by atoms with Crippen LogP contribution in [0.1, 0.15) is 25.1 Å². The molecule has 2 aromatic rings. The Bertz CT molecular complexity index is 693. The van der Waals surface area contributed by atoms with Gasteiger partial charge in [-0.2, -0.15) is 5.10 Å². The van der Waals surface area contributed by atoms with E-state index in [0.717, 1.165) is 5.56 Å². The van der Waals surface area contributed by atoms with E-state index in [1.807, 2.05) is 12.1 Å². The first-order valence-electron chi connectivity index (χ1n) is 7.71. The zero-order valence-electron chi connectivity index (χ0n) is 13.9. The average Bonchev–Trinajstić information content (AvgIpc) is 3.04. The fourth-order valence-corrected chi connectivity index (χ4v) is 2.07. The maximum atomic E-state index is 11.9. The number of aromatic nitrogens is 3. The number of hydrogen-bond acceptors (Lipinski definition) is 5. The number of rotatable bonds is 7. The van der Waals surface area contributed by atoms with Gasteiger partial charge in [-0.05, 0) is 30.7 Å². The second-order valence-electron chi connectivity index (χ2n) is 5.58. The molecule has 0 radical (unpaired) electrons. The summed E-state index contributed by atoms with van der Waals surface area (Å²) in [6.07, 6.45) is 1.20. The van der Waals surface area contributed by atoms with E-state index in [4.69, 9.17) is 5.73 Å². The maximum absolute atomic E-state index is 11.9. The molecule has 1 aromatic carbocycles. The summed E-state index contributed by atoms with van der Waals surface area (Å²) in [6, 6.07) is 7.23. The van der Waals surface area contributed by atoms with E-state index >= 15 is 0 Å². The Morgan fingerprint density at radius 3 is 2.50 bits per heavy atom. The number of hydrogen-bond donors (Lipinski definition) is 3. The number of H-pyrrole nitrogens is 1. The fourth-order valence-electron chi connectivity index (χ4n) is 2.07. The van der Waals surface area contributed by atoms with Gasteiger partial charge in [0.1, 0.15) is 5.82 Å². The molecule has 0 saturated carbocycles. The van der Waals surface area contributed by atoms with Gasteiger partial charge in [0.15, 0.2) is 5.82 Å². The molecule has 1 heterocycles. The van der Waals surface area contributed by atoms with E-state index in [9.17, 15) is 9.59 Å². The molecule has 0 aliphatic carbocycles. The van der Waals surface area contributed by atoms with Crippen LogP contribution in [0.25, 0.3) is 11.4 Å². The van der Waals surface area contributed by atoms with E-state index in [1.54, 1.807) is 26.2 Å². The molecule has 0 fully saturated rings. The van der Waals surface area contributed by atoms with Crippen LogP contribution in [0, 0.1) is 0 Å². The minimum atomic E-state index is -0.113. The molecule has 0 bridgehead atoms. The van der Waals surface area contributed by atoms with Gasteiger partial charge in [-0.3, -0.25) is 14.7 Å². The van der Waals surface area contributed by atoms with Gasteiger partial charge >= 0.3 is 0 Å². The van der Waals surface area contributed by atoms with Crippen LogP contribution in [0.3, 0.4) is 0 Å². The molecule has 2 amide bonds. The number of nitrogens with one attached hydrogen (secondary N) is 2. The lowest BCUT2D eigenvalue weighted by molar-refractivity contribution is -0.128. The molecule has 1 aromatic heterocycles. The van der Waals surface area contributed by atoms with Crippen molar-refractivity contribution in [3.8, 4) is 11.4 Å². The highest BCUT2D eigenvalue weighted by Gasteiger charge is 2.08. The summed E-state index contributed by atoms with van der Waals surface area (Å²) in [5.41, 5.74) is 7.02. The summed E-state index contributed by atoms with van der Waals surface area (Å²) in [6.45, 7) is 0.303. The van der Waals surface area contributed by atoms with Crippen molar-refractivity contribution in [2.24, 2.45) is 5.73 Å². The predicted molar refractivity (Wildman–Crippen MR) is 90.9 cm³/mol. The lowest BCUT2D eigenvalue weighted by Gasteiger charge is -2.10. The van der Waals surface area contributed by atoms with Crippen molar-refractivity contribution in [2.75, 3.05) is 19.4 Å². The van der Waals surface area contributed by atoms with Gasteiger partial charge < -0.3 is 16.0 Å². The minimum Gasteiger partial charge on any atom is -0.349 e. The molecule has 0 aliphatic rings. The Hall–Kier alpha value is -2.74. The quantitative estimate of drug-likeness (QED) is 0.703. The van der Waals surface area contributed by atoms with Crippen LogP contribution in [0.2, 0.25) is 0 Å². The van der Waals surface area contributed by atoms with E-state index in [2.05, 4.69) is 20.5 Å². The molecule has 4 N–H and O–H groups in total. The lowest BCUT2D eigenvalue weighted by atomic mass is 10.2. The van der Waals surface area contributed by atoms with Crippen LogP contribution in [0.5, 0.6) is 0 Å². The molecule has 2 rings (SSSR count). The van der Waals surface area contributed by atoms with E-state index in [1.165, 1.54) is 4.90 Å². The summed E-state index contributed by atoms with van der Waals surface area (Å²) in [5, 5.41) is 9.64. The number of nitrogens with two attached hydrogens (primary N) is 1. The number of anilines is 1. The number of carbonyl (C=O) groups excluding carboxylic acids is 2. The van der Waals surface area contributed by atoms with Crippen molar-refractivity contribution < 1.29 is 9.59 Å². The van der Waals surface area contributed by atoms with Crippen LogP contribution in [-0.4, -0.2) is 46.0 Å². The first-order valence-corrected chi connectivity index (χ1v) is 7.71. The molecule has 0 spiro atoms. The Morgan fingerprint density at radius 1 is 1.21 bits per heavy atom. The summed E-state index contributed by atoms with van der Waals surface area (Å²) >= 11 is 0. The molecule has 128 valence electrons. The standard InChI is InChI=1S/C16H22N6O2/c1-22(2)15(24)5-3-4-14(23)18-12-8-6-11(7-9-12)16-19-13(10-17)20-21-16/h6-9H,3-5,10,17H2,1-2H3,(H,18,23)(H,19,20,21). The number of carbonyl (C=O) groups is 2. The smallest absolute Gasteiger partial charge is 0.224 e. The molecular formula is C16H22N6O2. The second-order valence-corrected chi connectivity index (χ2v) is 5.58. The van der Waals surface area contributed by atoms with Gasteiger partial charge in [0, 0.05) is 38.2 Å². The van der Waals surface area contributed by atoms with Gasteiger partial charge in [0.25, 0.3) is 0 Å². The number of benzene rings is 1. The van der Waals surface area contributed by atoms with Crippen molar-refractivity contribution in [3.63, 3.8) is 0 Å². The Kier molecular flexibility index (Phi) is 6.02. The Labute approximate surface area is 140 Å². The zero-order chi connectivity index (χ0) is 17.5. The van der Waals surface area contributed by atoms with E-state index in [0.29, 0.717) is 43.1 Å². The molecule has 0 aliphatic heterocycles. The summed E-state index contributed by atoms with van der Waals surface area (Å²) in [7, 11) is 3.41. The molecule has 8 nitrogen and oxygen atoms in total. The van der Waals surface area contributed by atoms with Crippen LogP contribution >= 0.6 is 0 Å². The van der Waals surface area contributed by atoms with E-state index in [-0.39, 0.29) is 11.8 Å². The second kappa shape index (κ2) is 8.21. The predicted octanol–water partition coefficient (Wildman–Crippen LogP) is 1.13. The first-order chi connectivity index (χ1) is 11.5. The van der Waals surface area contributed by atoms with Gasteiger partial charge in [-0.15, -0.1) is 0 Å². The molecule has 0 atom stereocenters. The fraction of sp³-hybridized carbons (Fsp3) is 0.375. The van der Waals surface area contributed by atoms with Crippen molar-refractivity contribution in [2.45, 2.75) is 25.8 Å². The third kappa shape index (κ3) is 4.88. The van der Waals surface area contributed by atoms with Crippen LogP contribution in [-0.2, 0) is 16.1 Å². The van der Waals surface area contributed by atoms with Crippen molar-refractivity contribution in [3.05, 3.63) is 30.1 Å². The highest BCUT2D eigenvalue weighted by Crippen LogP contribution is 2.18. The van der Waals surface area contributed by atoms with E-state index < -0.39 is 0 Å². The molecule has 24 heavy (non-hydrogen) atoms. The molecule has 0 unspecified atom stereocenters. The van der Waals surface area contributed by atoms with Crippen LogP contribution in [0.15, 0.2) is 24.3 Å². The van der Waals surface area contributed by atoms with Gasteiger partial charge in [-0.1, -0.05) is 0 Å². The molecular weight excluding hydrogens is 308 g/mol. The maximum Gasteiger partial charge on any atom is 0.224 e. The van der Waals surface area contributed by atoms with Crippen LogP contribution in [0.4, 0.5) is 5.69 Å². The largest absolute Gasteiger partial charge is 0.349 e. The minimum absolute atomic E-state index is 0.0236. The summed E-state index contributed by atoms with van der Waals surface area (Å²) in [4.78, 5) is 29.1. The third-order valence-corrected chi connectivity index (χ3v) is 3.45.